The molecule has 38 heavy (non-hydrogen) atoms. The molecule has 1 aromatic heterocycles. The van der Waals surface area contributed by atoms with Gasteiger partial charge in [-0.15, -0.1) is 0 Å². The van der Waals surface area contributed by atoms with Gasteiger partial charge in [-0.2, -0.15) is 10.0 Å². The summed E-state index contributed by atoms with van der Waals surface area (Å²) in [6, 6.07) is 4.33. The lowest BCUT2D eigenvalue weighted by Crippen LogP contribution is -2.60. The van der Waals surface area contributed by atoms with Crippen molar-refractivity contribution < 1.29 is 19.4 Å². The highest BCUT2D eigenvalue weighted by Crippen LogP contribution is 2.49. The second kappa shape index (κ2) is 9.16. The van der Waals surface area contributed by atoms with Gasteiger partial charge < -0.3 is 19.2 Å². The third-order valence-corrected chi connectivity index (χ3v) is 8.52. The Morgan fingerprint density at radius 3 is 2.66 bits per heavy atom. The molecule has 1 aromatic carbocycles. The summed E-state index contributed by atoms with van der Waals surface area (Å²) in [6.45, 7) is 6.69. The van der Waals surface area contributed by atoms with Crippen LogP contribution in [0.5, 0.6) is 0 Å². The number of hydrogen-bond donors (Lipinski definition) is 1. The van der Waals surface area contributed by atoms with E-state index >= 15 is 0 Å². The highest BCUT2D eigenvalue weighted by molar-refractivity contribution is 6.02. The number of carboxylic acids is 1. The largest absolute Gasteiger partial charge is 0.545 e. The number of quaternary nitrogens is 1. The van der Waals surface area contributed by atoms with Crippen LogP contribution >= 0.6 is 0 Å². The molecule has 1 N–H and O–H groups in total. The van der Waals surface area contributed by atoms with Gasteiger partial charge >= 0.3 is 6.09 Å². The van der Waals surface area contributed by atoms with E-state index in [2.05, 4.69) is 34.4 Å². The molecule has 0 saturated heterocycles. The minimum absolute atomic E-state index is 0.110. The molecule has 1 amide bonds. The van der Waals surface area contributed by atoms with E-state index in [0.29, 0.717) is 24.7 Å². The molecule has 3 heterocycles. The van der Waals surface area contributed by atoms with E-state index in [4.69, 9.17) is 4.74 Å². The zero-order chi connectivity index (χ0) is 26.7. The molecular weight excluding hydrogens is 478 g/mol. The first-order valence-corrected chi connectivity index (χ1v) is 14.1. The maximum atomic E-state index is 13.3. The van der Waals surface area contributed by atoms with Gasteiger partial charge in [-0.05, 0) is 70.1 Å². The predicted octanol–water partition coefficient (Wildman–Crippen LogP) is 5.36. The number of allylic oxidation sites excluding steroid dienone is 2. The van der Waals surface area contributed by atoms with Crippen molar-refractivity contribution in [1.82, 2.24) is 14.6 Å². The second-order valence-electron chi connectivity index (χ2n) is 12.1. The van der Waals surface area contributed by atoms with Crippen LogP contribution in [0.4, 0.5) is 10.5 Å². The first kappa shape index (κ1) is 25.0. The van der Waals surface area contributed by atoms with E-state index in [0.717, 1.165) is 54.6 Å². The van der Waals surface area contributed by atoms with Crippen molar-refractivity contribution >= 4 is 23.8 Å². The highest BCUT2D eigenvalue weighted by Gasteiger charge is 2.45. The van der Waals surface area contributed by atoms with Gasteiger partial charge in [-0.1, -0.05) is 37.5 Å². The van der Waals surface area contributed by atoms with Crippen LogP contribution in [-0.2, 0) is 24.1 Å². The van der Waals surface area contributed by atoms with Crippen LogP contribution in [0.2, 0.25) is 0 Å². The molecule has 0 spiro atoms. The zero-order valence-corrected chi connectivity index (χ0v) is 22.6. The Bertz CT molecular complexity index is 1370. The van der Waals surface area contributed by atoms with Gasteiger partial charge in [0.2, 0.25) is 0 Å². The minimum atomic E-state index is -1.15. The Morgan fingerprint density at radius 2 is 1.92 bits per heavy atom. The molecule has 0 radical (unpaired) electrons. The summed E-state index contributed by atoms with van der Waals surface area (Å²) >= 11 is 0. The minimum Gasteiger partial charge on any atom is -0.545 e. The van der Waals surface area contributed by atoms with Gasteiger partial charge in [0, 0.05) is 28.8 Å². The molecule has 0 bridgehead atoms. The van der Waals surface area contributed by atoms with Crippen LogP contribution in [0.25, 0.3) is 17.3 Å². The third-order valence-electron chi connectivity index (χ3n) is 8.52. The SMILES string of the molecule is CC(C)(C)OC(=O)N[N@+]12C=CCc3c(C4CCCCC4)ccc(c31)-c1c(C(=O)[O-])c3c(n1CC2)CCC=C3. The molecular formula is C31H37N3O4. The number of fused-ring (bicyclic) bond motifs is 4. The molecule has 7 heteroatoms. The van der Waals surface area contributed by atoms with Crippen LogP contribution in [0.15, 0.2) is 30.5 Å². The smallest absolute Gasteiger partial charge is 0.453 e. The summed E-state index contributed by atoms with van der Waals surface area (Å²) in [7, 11) is 0. The van der Waals surface area contributed by atoms with Crippen LogP contribution in [0.1, 0.15) is 98.0 Å². The van der Waals surface area contributed by atoms with E-state index in [9.17, 15) is 14.7 Å². The summed E-state index contributed by atoms with van der Waals surface area (Å²) in [5.41, 5.74) is 9.71. The maximum absolute atomic E-state index is 13.3. The van der Waals surface area contributed by atoms with Gasteiger partial charge in [0.05, 0.1) is 23.8 Å². The topological polar surface area (TPSA) is 83.4 Å². The summed E-state index contributed by atoms with van der Waals surface area (Å²) in [6.07, 6.45) is 16.2. The molecule has 2 aromatic rings. The standard InChI is InChI=1S/C31H37N3O4/c1-31(2,3)38-30(37)32-34-18-9-13-22-21(20-10-5-4-6-11-20)15-16-24(28(22)34)27-26(29(35)36)23-12-7-8-14-25(23)33(27)17-19-34/h7,9,12,15-16,18,20H,4-6,8,10-11,13-14,17,19H2,1-3H3,(H-,32,35,36,37)/t34-/m0/s1. The van der Waals surface area contributed by atoms with E-state index in [1.165, 1.54) is 30.4 Å². The molecule has 0 unspecified atom stereocenters. The predicted molar refractivity (Wildman–Crippen MR) is 146 cm³/mol. The van der Waals surface area contributed by atoms with Crippen molar-refractivity contribution in [2.24, 2.45) is 0 Å². The fourth-order valence-corrected chi connectivity index (χ4v) is 7.08. The van der Waals surface area contributed by atoms with Gasteiger partial charge in [-0.25, -0.2) is 4.79 Å². The van der Waals surface area contributed by atoms with Crippen molar-refractivity contribution in [1.29, 1.82) is 0 Å². The number of benzene rings is 1. The maximum Gasteiger partial charge on any atom is 0.453 e. The van der Waals surface area contributed by atoms with Crippen molar-refractivity contribution in [3.63, 3.8) is 0 Å². The zero-order valence-electron chi connectivity index (χ0n) is 22.6. The number of amides is 1. The summed E-state index contributed by atoms with van der Waals surface area (Å²) < 4.78 is 8.00. The Balaban J connectivity index is 1.60. The Hall–Kier alpha value is -3.32. The number of carboxylic acid groups (broad SMARTS) is 1. The Kier molecular flexibility index (Phi) is 6.02. The molecule has 4 aliphatic rings. The van der Waals surface area contributed by atoms with Crippen LogP contribution in [0, 0.1) is 0 Å². The van der Waals surface area contributed by atoms with E-state index in [1.54, 1.807) is 0 Å². The van der Waals surface area contributed by atoms with Gasteiger partial charge in [0.25, 0.3) is 0 Å². The molecule has 200 valence electrons. The molecule has 2 aliphatic carbocycles. The van der Waals surface area contributed by atoms with Crippen molar-refractivity contribution in [2.45, 2.75) is 90.2 Å². The van der Waals surface area contributed by atoms with Gasteiger partial charge in [0.1, 0.15) is 18.3 Å². The normalized spacial score (nSPS) is 22.2. The van der Waals surface area contributed by atoms with E-state index in [1.807, 2.05) is 32.9 Å². The fraction of sp³-hybridized carbons (Fsp3) is 0.484. The highest BCUT2D eigenvalue weighted by atomic mass is 16.6. The number of nitrogens with zero attached hydrogens (tertiary/aromatic N) is 2. The quantitative estimate of drug-likeness (QED) is 0.558. The first-order chi connectivity index (χ1) is 18.2. The lowest BCUT2D eigenvalue weighted by atomic mass is 9.79. The van der Waals surface area contributed by atoms with Crippen molar-refractivity contribution in [3.05, 3.63) is 58.4 Å². The van der Waals surface area contributed by atoms with Crippen LogP contribution < -0.4 is 15.1 Å². The molecule has 1 atom stereocenters. The number of aromatic nitrogens is 1. The number of hydrogen-bond acceptors (Lipinski definition) is 4. The molecule has 1 fully saturated rings. The van der Waals surface area contributed by atoms with Crippen LogP contribution in [0.3, 0.4) is 0 Å². The van der Waals surface area contributed by atoms with E-state index in [-0.39, 0.29) is 10.2 Å². The number of ether oxygens (including phenoxy) is 1. The number of carbonyl (C=O) groups is 2. The van der Waals surface area contributed by atoms with Gasteiger partial charge in [-0.3, -0.25) is 0 Å². The number of rotatable bonds is 3. The molecule has 1 saturated carbocycles. The molecule has 2 aliphatic heterocycles. The van der Waals surface area contributed by atoms with Crippen LogP contribution in [-0.4, -0.2) is 28.8 Å². The number of nitrogens with one attached hydrogen (secondary N) is 1. The third kappa shape index (κ3) is 4.08. The molecule has 6 rings (SSSR count). The molecule has 7 nitrogen and oxygen atoms in total. The second-order valence-corrected chi connectivity index (χ2v) is 12.1. The average molecular weight is 516 g/mol. The van der Waals surface area contributed by atoms with Gasteiger partial charge in [0.15, 0.2) is 5.69 Å². The lowest BCUT2D eigenvalue weighted by molar-refractivity contribution is -0.254. The first-order valence-electron chi connectivity index (χ1n) is 14.1. The average Bonchev–Trinajstić information content (AvgIpc) is 3.13. The van der Waals surface area contributed by atoms with Crippen molar-refractivity contribution in [2.75, 3.05) is 6.54 Å². The summed E-state index contributed by atoms with van der Waals surface area (Å²) in [5.74, 6) is -0.677. The monoisotopic (exact) mass is 515 g/mol. The summed E-state index contributed by atoms with van der Waals surface area (Å²) in [4.78, 5) is 25.9. The number of aromatic carboxylic acids is 1. The van der Waals surface area contributed by atoms with E-state index < -0.39 is 17.7 Å². The number of carbonyl (C=O) groups excluding carboxylic acids is 2. The fourth-order valence-electron chi connectivity index (χ4n) is 7.08. The Morgan fingerprint density at radius 1 is 1.13 bits per heavy atom. The summed E-state index contributed by atoms with van der Waals surface area (Å²) in [5, 5.41) is 12.6. The lowest BCUT2D eigenvalue weighted by Gasteiger charge is -2.38. The Labute approximate surface area is 224 Å². The van der Waals surface area contributed by atoms with Crippen molar-refractivity contribution in [3.8, 4) is 11.3 Å².